The Morgan fingerprint density at radius 2 is 1.76 bits per heavy atom. The number of carbonyl (C=O) groups excluding carboxylic acids is 1. The average molecular weight is 411 g/mol. The van der Waals surface area contributed by atoms with Gasteiger partial charge < -0.3 is 19.5 Å². The van der Waals surface area contributed by atoms with Gasteiger partial charge in [0, 0.05) is 20.1 Å². The van der Waals surface area contributed by atoms with Gasteiger partial charge in [-0.1, -0.05) is 30.3 Å². The Morgan fingerprint density at radius 3 is 2.41 bits per heavy atom. The number of halogens is 3. The Kier molecular flexibility index (Phi) is 8.33. The van der Waals surface area contributed by atoms with Crippen LogP contribution >= 0.6 is 0 Å². The molecule has 2 aromatic rings. The summed E-state index contributed by atoms with van der Waals surface area (Å²) in [4.78, 5) is 12.2. The Bertz CT molecular complexity index is 809. The smallest absolute Gasteiger partial charge is 0.422 e. The predicted molar refractivity (Wildman–Crippen MR) is 102 cm³/mol. The van der Waals surface area contributed by atoms with Crippen LogP contribution in [-0.2, 0) is 29.1 Å². The molecule has 5 nitrogen and oxygen atoms in total. The molecule has 2 aromatic carbocycles. The van der Waals surface area contributed by atoms with Crippen molar-refractivity contribution in [2.75, 3.05) is 20.8 Å². The van der Waals surface area contributed by atoms with E-state index < -0.39 is 12.8 Å². The van der Waals surface area contributed by atoms with Gasteiger partial charge in [-0.2, -0.15) is 13.2 Å². The third-order valence-corrected chi connectivity index (χ3v) is 4.15. The molecule has 0 aromatic heterocycles. The summed E-state index contributed by atoms with van der Waals surface area (Å²) in [5.74, 6) is 0.0713. The zero-order valence-electron chi connectivity index (χ0n) is 16.3. The van der Waals surface area contributed by atoms with Crippen LogP contribution in [0.5, 0.6) is 11.5 Å². The fourth-order valence-corrected chi connectivity index (χ4v) is 2.71. The first kappa shape index (κ1) is 22.5. The van der Waals surface area contributed by atoms with Gasteiger partial charge in [-0.15, -0.1) is 0 Å². The number of alkyl halides is 3. The van der Waals surface area contributed by atoms with E-state index in [1.54, 1.807) is 19.2 Å². The number of aryl methyl sites for hydroxylation is 1. The van der Waals surface area contributed by atoms with E-state index in [0.29, 0.717) is 19.6 Å². The lowest BCUT2D eigenvalue weighted by molar-refractivity contribution is -0.153. The lowest BCUT2D eigenvalue weighted by Gasteiger charge is -2.14. The first-order valence-corrected chi connectivity index (χ1v) is 9.01. The molecule has 0 saturated heterocycles. The maximum atomic E-state index is 12.3. The van der Waals surface area contributed by atoms with Crippen LogP contribution in [0, 0.1) is 0 Å². The van der Waals surface area contributed by atoms with E-state index in [-0.39, 0.29) is 23.8 Å². The summed E-state index contributed by atoms with van der Waals surface area (Å²) in [6.07, 6.45) is -3.77. The van der Waals surface area contributed by atoms with Gasteiger partial charge in [0.25, 0.3) is 0 Å². The minimum Gasteiger partial charge on any atom is -0.493 e. The summed E-state index contributed by atoms with van der Waals surface area (Å²) in [5.41, 5.74) is 2.75. The number of ether oxygens (including phenoxy) is 3. The summed E-state index contributed by atoms with van der Waals surface area (Å²) in [5, 5.41) is 2.87. The van der Waals surface area contributed by atoms with Crippen molar-refractivity contribution in [3.05, 3.63) is 59.2 Å². The van der Waals surface area contributed by atoms with Crippen LogP contribution in [0.25, 0.3) is 0 Å². The van der Waals surface area contributed by atoms with Crippen LogP contribution in [0.1, 0.15) is 23.1 Å². The molecule has 0 aliphatic heterocycles. The quantitative estimate of drug-likeness (QED) is 0.641. The molecular weight excluding hydrogens is 387 g/mol. The van der Waals surface area contributed by atoms with Gasteiger partial charge in [0.15, 0.2) is 18.1 Å². The highest BCUT2D eigenvalue weighted by Gasteiger charge is 2.29. The second-order valence-corrected chi connectivity index (χ2v) is 6.37. The molecule has 158 valence electrons. The lowest BCUT2D eigenvalue weighted by Crippen LogP contribution is -2.23. The van der Waals surface area contributed by atoms with Crippen molar-refractivity contribution in [2.24, 2.45) is 0 Å². The highest BCUT2D eigenvalue weighted by molar-refractivity contribution is 5.76. The SMILES string of the molecule is COCc1ccccc1CNC(=O)CCc1ccc(OCC(F)(F)F)c(OC)c1. The third-order valence-electron chi connectivity index (χ3n) is 4.15. The molecule has 1 N–H and O–H groups in total. The zero-order chi connectivity index (χ0) is 21.3. The summed E-state index contributed by atoms with van der Waals surface area (Å²) >= 11 is 0. The molecule has 0 fully saturated rings. The number of benzene rings is 2. The number of hydrogen-bond acceptors (Lipinski definition) is 4. The molecule has 8 heteroatoms. The molecule has 0 bridgehead atoms. The molecule has 0 aliphatic carbocycles. The highest BCUT2D eigenvalue weighted by Crippen LogP contribution is 2.30. The number of rotatable bonds is 10. The third kappa shape index (κ3) is 7.65. The molecule has 0 saturated carbocycles. The van der Waals surface area contributed by atoms with Crippen molar-refractivity contribution in [3.63, 3.8) is 0 Å². The summed E-state index contributed by atoms with van der Waals surface area (Å²) in [6, 6.07) is 12.3. The number of nitrogens with one attached hydrogen (secondary N) is 1. The average Bonchev–Trinajstić information content (AvgIpc) is 2.70. The number of carbonyl (C=O) groups is 1. The van der Waals surface area contributed by atoms with Crippen molar-refractivity contribution < 1.29 is 32.2 Å². The second-order valence-electron chi connectivity index (χ2n) is 6.37. The van der Waals surface area contributed by atoms with Crippen LogP contribution in [0.2, 0.25) is 0 Å². The second kappa shape index (κ2) is 10.7. The molecule has 0 unspecified atom stereocenters. The fourth-order valence-electron chi connectivity index (χ4n) is 2.71. The van der Waals surface area contributed by atoms with Crippen molar-refractivity contribution >= 4 is 5.91 Å². The van der Waals surface area contributed by atoms with Crippen LogP contribution in [0.15, 0.2) is 42.5 Å². The summed E-state index contributed by atoms with van der Waals surface area (Å²) in [6.45, 7) is -0.532. The van der Waals surface area contributed by atoms with Gasteiger partial charge in [-0.3, -0.25) is 4.79 Å². The van der Waals surface area contributed by atoms with Gasteiger partial charge in [0.1, 0.15) is 0 Å². The van der Waals surface area contributed by atoms with E-state index in [1.807, 2.05) is 24.3 Å². The van der Waals surface area contributed by atoms with Gasteiger partial charge in [0.05, 0.1) is 13.7 Å². The zero-order valence-corrected chi connectivity index (χ0v) is 16.3. The van der Waals surface area contributed by atoms with E-state index in [9.17, 15) is 18.0 Å². The Morgan fingerprint density at radius 1 is 1.03 bits per heavy atom. The van der Waals surface area contributed by atoms with E-state index in [1.165, 1.54) is 13.2 Å². The molecule has 0 spiro atoms. The monoisotopic (exact) mass is 411 g/mol. The topological polar surface area (TPSA) is 56.8 Å². The van der Waals surface area contributed by atoms with Crippen LogP contribution in [0.3, 0.4) is 0 Å². The standard InChI is InChI=1S/C21H24F3NO4/c1-27-13-17-6-4-3-5-16(17)12-25-20(26)10-8-15-7-9-18(19(11-15)28-2)29-14-21(22,23)24/h3-7,9,11H,8,10,12-14H2,1-2H3,(H,25,26). The molecule has 0 aliphatic rings. The first-order chi connectivity index (χ1) is 13.8. The van der Waals surface area contributed by atoms with Crippen LogP contribution in [-0.4, -0.2) is 32.9 Å². The lowest BCUT2D eigenvalue weighted by atomic mass is 10.1. The summed E-state index contributed by atoms with van der Waals surface area (Å²) in [7, 11) is 2.97. The highest BCUT2D eigenvalue weighted by atomic mass is 19.4. The van der Waals surface area contributed by atoms with Crippen molar-refractivity contribution in [3.8, 4) is 11.5 Å². The van der Waals surface area contributed by atoms with E-state index in [2.05, 4.69) is 5.32 Å². The van der Waals surface area contributed by atoms with Crippen LogP contribution in [0.4, 0.5) is 13.2 Å². The van der Waals surface area contributed by atoms with E-state index >= 15 is 0 Å². The van der Waals surface area contributed by atoms with Crippen molar-refractivity contribution in [1.82, 2.24) is 5.32 Å². The normalized spacial score (nSPS) is 11.2. The molecule has 0 atom stereocenters. The van der Waals surface area contributed by atoms with Gasteiger partial charge >= 0.3 is 6.18 Å². The first-order valence-electron chi connectivity index (χ1n) is 9.01. The Labute approximate surface area is 167 Å². The maximum absolute atomic E-state index is 12.3. The molecule has 29 heavy (non-hydrogen) atoms. The number of methoxy groups -OCH3 is 2. The molecule has 0 radical (unpaired) electrons. The van der Waals surface area contributed by atoms with Crippen molar-refractivity contribution in [1.29, 1.82) is 0 Å². The molecular formula is C21H24F3NO4. The number of hydrogen-bond donors (Lipinski definition) is 1. The minimum absolute atomic E-state index is 0.00720. The predicted octanol–water partition coefficient (Wildman–Crippen LogP) is 4.03. The fraction of sp³-hybridized carbons (Fsp3) is 0.381. The largest absolute Gasteiger partial charge is 0.493 e. The Balaban J connectivity index is 1.88. The Hall–Kier alpha value is -2.74. The van der Waals surface area contributed by atoms with Crippen LogP contribution < -0.4 is 14.8 Å². The van der Waals surface area contributed by atoms with Gasteiger partial charge in [0.2, 0.25) is 5.91 Å². The number of amides is 1. The molecule has 1 amide bonds. The van der Waals surface area contributed by atoms with E-state index in [0.717, 1.165) is 16.7 Å². The van der Waals surface area contributed by atoms with Crippen molar-refractivity contribution in [2.45, 2.75) is 32.2 Å². The summed E-state index contributed by atoms with van der Waals surface area (Å²) < 4.78 is 51.9. The van der Waals surface area contributed by atoms with Gasteiger partial charge in [-0.05, 0) is 35.2 Å². The maximum Gasteiger partial charge on any atom is 0.422 e. The molecule has 0 heterocycles. The molecule has 2 rings (SSSR count). The minimum atomic E-state index is -4.43. The van der Waals surface area contributed by atoms with Gasteiger partial charge in [-0.25, -0.2) is 0 Å². The van der Waals surface area contributed by atoms with E-state index in [4.69, 9.17) is 14.2 Å².